The first-order chi connectivity index (χ1) is 12.5. The molecule has 0 saturated heterocycles. The van der Waals surface area contributed by atoms with E-state index in [4.69, 9.17) is 4.74 Å². The van der Waals surface area contributed by atoms with E-state index in [0.717, 1.165) is 23.4 Å². The summed E-state index contributed by atoms with van der Waals surface area (Å²) in [6.45, 7) is 6.24. The molecule has 148 valence electrons. The molecular formula is C17H25IN6O3. The topological polar surface area (TPSA) is 107 Å². The molecule has 27 heavy (non-hydrogen) atoms. The van der Waals surface area contributed by atoms with Crippen molar-refractivity contribution in [3.8, 4) is 5.75 Å². The molecule has 2 N–H and O–H groups in total. The number of hydrogen-bond donors (Lipinski definition) is 2. The molecule has 0 aliphatic heterocycles. The van der Waals surface area contributed by atoms with Gasteiger partial charge in [0.2, 0.25) is 0 Å². The first-order valence-corrected chi connectivity index (χ1v) is 8.36. The molecule has 0 unspecified atom stereocenters. The van der Waals surface area contributed by atoms with Gasteiger partial charge in [0.1, 0.15) is 18.1 Å². The van der Waals surface area contributed by atoms with Gasteiger partial charge in [0.15, 0.2) is 5.96 Å². The Bertz CT molecular complexity index is 778. The number of aliphatic imine (C=N–C) groups is 1. The van der Waals surface area contributed by atoms with Crippen LogP contribution in [0.2, 0.25) is 0 Å². The van der Waals surface area contributed by atoms with E-state index in [-0.39, 0.29) is 29.7 Å². The zero-order valence-corrected chi connectivity index (χ0v) is 18.0. The summed E-state index contributed by atoms with van der Waals surface area (Å²) < 4.78 is 6.93. The third kappa shape index (κ3) is 7.04. The van der Waals surface area contributed by atoms with Crippen molar-refractivity contribution in [2.75, 3.05) is 20.2 Å². The largest absolute Gasteiger partial charge is 0.496 e. The van der Waals surface area contributed by atoms with Gasteiger partial charge in [-0.2, -0.15) is 5.10 Å². The monoisotopic (exact) mass is 488 g/mol. The lowest BCUT2D eigenvalue weighted by atomic mass is 10.1. The Balaban J connectivity index is 0.00000364. The molecular weight excluding hydrogens is 463 g/mol. The average molecular weight is 488 g/mol. The Morgan fingerprint density at radius 3 is 2.81 bits per heavy atom. The van der Waals surface area contributed by atoms with Crippen LogP contribution in [0.5, 0.6) is 5.75 Å². The van der Waals surface area contributed by atoms with Crippen molar-refractivity contribution in [3.05, 3.63) is 51.8 Å². The normalized spacial score (nSPS) is 10.9. The number of hydrogen-bond acceptors (Lipinski definition) is 5. The van der Waals surface area contributed by atoms with Crippen molar-refractivity contribution >= 4 is 35.6 Å². The molecule has 2 aromatic rings. The predicted octanol–water partition coefficient (Wildman–Crippen LogP) is 2.48. The predicted molar refractivity (Wildman–Crippen MR) is 115 cm³/mol. The number of ether oxygens (including phenoxy) is 1. The van der Waals surface area contributed by atoms with Gasteiger partial charge in [-0.3, -0.25) is 14.8 Å². The van der Waals surface area contributed by atoms with Crippen LogP contribution in [-0.4, -0.2) is 40.9 Å². The molecule has 9 nitrogen and oxygen atoms in total. The van der Waals surface area contributed by atoms with Gasteiger partial charge in [0, 0.05) is 18.7 Å². The van der Waals surface area contributed by atoms with Gasteiger partial charge in [-0.25, -0.2) is 4.99 Å². The lowest BCUT2D eigenvalue weighted by Crippen LogP contribution is -2.38. The van der Waals surface area contributed by atoms with Crippen LogP contribution >= 0.6 is 24.0 Å². The Morgan fingerprint density at radius 1 is 1.41 bits per heavy atom. The maximum absolute atomic E-state index is 10.7. The maximum Gasteiger partial charge on any atom is 0.306 e. The van der Waals surface area contributed by atoms with Crippen LogP contribution in [0.1, 0.15) is 18.1 Å². The molecule has 0 aliphatic carbocycles. The molecule has 0 spiro atoms. The van der Waals surface area contributed by atoms with Crippen LogP contribution in [0.3, 0.4) is 0 Å². The van der Waals surface area contributed by atoms with E-state index in [1.165, 1.54) is 17.1 Å². The number of nitrogens with one attached hydrogen (secondary N) is 2. The second-order valence-electron chi connectivity index (χ2n) is 5.66. The van der Waals surface area contributed by atoms with Gasteiger partial charge >= 0.3 is 5.69 Å². The van der Waals surface area contributed by atoms with Crippen molar-refractivity contribution < 1.29 is 9.66 Å². The summed E-state index contributed by atoms with van der Waals surface area (Å²) in [5.74, 6) is 1.48. The van der Waals surface area contributed by atoms with E-state index >= 15 is 0 Å². The average Bonchev–Trinajstić information content (AvgIpc) is 3.09. The van der Waals surface area contributed by atoms with Crippen LogP contribution < -0.4 is 15.4 Å². The van der Waals surface area contributed by atoms with Crippen molar-refractivity contribution in [3.63, 3.8) is 0 Å². The van der Waals surface area contributed by atoms with Crippen LogP contribution in [0, 0.1) is 17.0 Å². The molecule has 0 fully saturated rings. The smallest absolute Gasteiger partial charge is 0.306 e. The highest BCUT2D eigenvalue weighted by Gasteiger charge is 2.08. The van der Waals surface area contributed by atoms with E-state index in [9.17, 15) is 10.1 Å². The van der Waals surface area contributed by atoms with E-state index in [1.54, 1.807) is 7.11 Å². The molecule has 2 rings (SSSR count). The number of aromatic nitrogens is 2. The number of benzene rings is 1. The standard InChI is InChI=1S/C17H24N6O3.HI/c1-4-18-17(19-7-8-22-12-15(11-21-22)23(24)25)20-10-14-6-5-13(2)9-16(14)26-3;/h5-6,9,11-12H,4,7-8,10H2,1-3H3,(H2,18,19,20);1H. The van der Waals surface area contributed by atoms with Crippen LogP contribution in [-0.2, 0) is 13.1 Å². The van der Waals surface area contributed by atoms with Crippen LogP contribution in [0.15, 0.2) is 35.6 Å². The number of nitrogens with zero attached hydrogens (tertiary/aromatic N) is 4. The first kappa shape index (κ1) is 22.7. The summed E-state index contributed by atoms with van der Waals surface area (Å²) in [5.41, 5.74) is 2.11. The number of halogens is 1. The fourth-order valence-corrected chi connectivity index (χ4v) is 2.35. The lowest BCUT2D eigenvalue weighted by Gasteiger charge is -2.12. The Labute approximate surface area is 175 Å². The van der Waals surface area contributed by atoms with Gasteiger partial charge in [-0.15, -0.1) is 24.0 Å². The second kappa shape index (κ2) is 11.4. The third-order valence-electron chi connectivity index (χ3n) is 3.66. The fourth-order valence-electron chi connectivity index (χ4n) is 2.35. The summed E-state index contributed by atoms with van der Waals surface area (Å²) in [4.78, 5) is 14.8. The third-order valence-corrected chi connectivity index (χ3v) is 3.66. The molecule has 0 amide bonds. The van der Waals surface area contributed by atoms with Crippen molar-refractivity contribution in [2.24, 2.45) is 4.99 Å². The van der Waals surface area contributed by atoms with E-state index in [2.05, 4.69) is 20.7 Å². The highest BCUT2D eigenvalue weighted by Crippen LogP contribution is 2.20. The molecule has 1 aromatic carbocycles. The Morgan fingerprint density at radius 2 is 2.19 bits per heavy atom. The number of guanidine groups is 1. The lowest BCUT2D eigenvalue weighted by molar-refractivity contribution is -0.385. The van der Waals surface area contributed by atoms with Gasteiger partial charge in [-0.05, 0) is 25.5 Å². The molecule has 0 radical (unpaired) electrons. The molecule has 0 bridgehead atoms. The minimum atomic E-state index is -0.461. The summed E-state index contributed by atoms with van der Waals surface area (Å²) in [6.07, 6.45) is 2.64. The molecule has 1 aromatic heterocycles. The van der Waals surface area contributed by atoms with Gasteiger partial charge < -0.3 is 15.4 Å². The summed E-state index contributed by atoms with van der Waals surface area (Å²) >= 11 is 0. The number of nitro groups is 1. The molecule has 1 heterocycles. The summed E-state index contributed by atoms with van der Waals surface area (Å²) in [5, 5.41) is 21.0. The molecule has 10 heteroatoms. The fraction of sp³-hybridized carbons (Fsp3) is 0.412. The highest BCUT2D eigenvalue weighted by atomic mass is 127. The second-order valence-corrected chi connectivity index (χ2v) is 5.66. The summed E-state index contributed by atoms with van der Waals surface area (Å²) in [7, 11) is 1.65. The molecule has 0 aliphatic rings. The van der Waals surface area contributed by atoms with Crippen LogP contribution in [0.4, 0.5) is 5.69 Å². The number of methoxy groups -OCH3 is 1. The van der Waals surface area contributed by atoms with Gasteiger partial charge in [-0.1, -0.05) is 12.1 Å². The van der Waals surface area contributed by atoms with E-state index < -0.39 is 4.92 Å². The highest BCUT2D eigenvalue weighted by molar-refractivity contribution is 14.0. The van der Waals surface area contributed by atoms with Crippen molar-refractivity contribution in [2.45, 2.75) is 26.9 Å². The summed E-state index contributed by atoms with van der Waals surface area (Å²) in [6, 6.07) is 6.01. The van der Waals surface area contributed by atoms with E-state index in [1.807, 2.05) is 32.0 Å². The Kier molecular flexibility index (Phi) is 9.54. The van der Waals surface area contributed by atoms with Crippen molar-refractivity contribution in [1.82, 2.24) is 20.4 Å². The quantitative estimate of drug-likeness (QED) is 0.195. The first-order valence-electron chi connectivity index (χ1n) is 8.36. The maximum atomic E-state index is 10.7. The number of aryl methyl sites for hydroxylation is 1. The minimum Gasteiger partial charge on any atom is -0.496 e. The minimum absolute atomic E-state index is 0. The van der Waals surface area contributed by atoms with Crippen molar-refractivity contribution in [1.29, 1.82) is 0 Å². The number of rotatable bonds is 8. The Hall–Kier alpha value is -2.37. The molecule has 0 atom stereocenters. The van der Waals surface area contributed by atoms with Gasteiger partial charge in [0.25, 0.3) is 0 Å². The SMILES string of the molecule is CCNC(=NCc1ccc(C)cc1OC)NCCn1cc([N+](=O)[O-])cn1.I. The van der Waals surface area contributed by atoms with Gasteiger partial charge in [0.05, 0.1) is 25.1 Å². The van der Waals surface area contributed by atoms with Crippen LogP contribution in [0.25, 0.3) is 0 Å². The molecule has 0 saturated carbocycles. The van der Waals surface area contributed by atoms with E-state index in [0.29, 0.717) is 25.6 Å². The zero-order valence-electron chi connectivity index (χ0n) is 15.6. The zero-order chi connectivity index (χ0) is 18.9.